The maximum Gasteiger partial charge on any atom is 0.488 e. The first kappa shape index (κ1) is 15.7. The Bertz CT molecular complexity index is 916. The van der Waals surface area contributed by atoms with Crippen LogP contribution >= 0.6 is 11.3 Å². The molecule has 0 bridgehead atoms. The van der Waals surface area contributed by atoms with Gasteiger partial charge in [0.1, 0.15) is 0 Å². The van der Waals surface area contributed by atoms with Gasteiger partial charge < -0.3 is 10.0 Å². The fourth-order valence-corrected chi connectivity index (χ4v) is 3.53. The Labute approximate surface area is 139 Å². The van der Waals surface area contributed by atoms with E-state index in [1.54, 1.807) is 17.4 Å². The van der Waals surface area contributed by atoms with Crippen LogP contribution in [-0.4, -0.2) is 17.2 Å². The predicted octanol–water partition coefficient (Wildman–Crippen LogP) is 3.73. The smallest absolute Gasteiger partial charge is 0.423 e. The summed E-state index contributed by atoms with van der Waals surface area (Å²) in [6.45, 7) is 2.08. The molecular weight excluding hydrogens is 303 g/mol. The van der Waals surface area contributed by atoms with Crippen molar-refractivity contribution in [2.45, 2.75) is 6.92 Å². The molecule has 0 aliphatic carbocycles. The Kier molecular flexibility index (Phi) is 4.77. The van der Waals surface area contributed by atoms with E-state index in [1.807, 2.05) is 42.5 Å². The van der Waals surface area contributed by atoms with Crippen molar-refractivity contribution in [3.63, 3.8) is 0 Å². The third-order valence-corrected chi connectivity index (χ3v) is 4.79. The van der Waals surface area contributed by atoms with Crippen LogP contribution in [-0.2, 0) is 0 Å². The van der Waals surface area contributed by atoms with Crippen molar-refractivity contribution in [3.05, 3.63) is 78.4 Å². The monoisotopic (exact) mass is 320 g/mol. The third-order valence-electron chi connectivity index (χ3n) is 3.64. The summed E-state index contributed by atoms with van der Waals surface area (Å²) < 4.78 is 2.40. The van der Waals surface area contributed by atoms with E-state index in [0.29, 0.717) is 5.46 Å². The van der Waals surface area contributed by atoms with Gasteiger partial charge in [-0.05, 0) is 29.9 Å². The van der Waals surface area contributed by atoms with Crippen molar-refractivity contribution in [3.8, 4) is 0 Å². The highest BCUT2D eigenvalue weighted by atomic mass is 32.1. The summed E-state index contributed by atoms with van der Waals surface area (Å²) >= 11 is 1.72. The highest BCUT2D eigenvalue weighted by Gasteiger charge is 2.12. The van der Waals surface area contributed by atoms with E-state index in [2.05, 4.69) is 31.2 Å². The van der Waals surface area contributed by atoms with E-state index in [9.17, 15) is 0 Å². The summed E-state index contributed by atoms with van der Waals surface area (Å²) in [7, 11) is -1.40. The molecule has 4 rings (SSSR count). The first-order chi connectivity index (χ1) is 11.1. The van der Waals surface area contributed by atoms with E-state index in [1.165, 1.54) is 20.3 Å². The zero-order valence-corrected chi connectivity index (χ0v) is 13.6. The molecule has 1 aromatic heterocycles. The standard InChI is InChI=1S/C12H9BO2S.C7H8/c14-13(15)8-5-6-12-10(7-8)9-3-1-2-4-11(9)16-12;1-7-5-3-2-4-6-7/h1-7,14-15H;2-6H,1H3. The number of thiophene rings is 1. The van der Waals surface area contributed by atoms with Gasteiger partial charge in [-0.3, -0.25) is 0 Å². The van der Waals surface area contributed by atoms with Gasteiger partial charge in [-0.25, -0.2) is 0 Å². The molecular formula is C19H17BO2S. The van der Waals surface area contributed by atoms with Gasteiger partial charge in [-0.2, -0.15) is 0 Å². The quantitative estimate of drug-likeness (QED) is 0.525. The molecule has 4 aromatic rings. The van der Waals surface area contributed by atoms with E-state index in [0.717, 1.165) is 5.39 Å². The van der Waals surface area contributed by atoms with Crippen LogP contribution in [0.2, 0.25) is 0 Å². The molecule has 0 saturated heterocycles. The molecule has 0 aliphatic heterocycles. The molecule has 2 nitrogen and oxygen atoms in total. The van der Waals surface area contributed by atoms with E-state index < -0.39 is 7.12 Å². The summed E-state index contributed by atoms with van der Waals surface area (Å²) in [5.74, 6) is 0. The van der Waals surface area contributed by atoms with Gasteiger partial charge in [0.05, 0.1) is 0 Å². The average molecular weight is 320 g/mol. The number of fused-ring (bicyclic) bond motifs is 3. The average Bonchev–Trinajstić information content (AvgIpc) is 2.94. The first-order valence-electron chi connectivity index (χ1n) is 7.44. The van der Waals surface area contributed by atoms with Gasteiger partial charge >= 0.3 is 7.12 Å². The van der Waals surface area contributed by atoms with Crippen LogP contribution in [0.1, 0.15) is 5.56 Å². The van der Waals surface area contributed by atoms with Crippen LogP contribution in [0.3, 0.4) is 0 Å². The molecule has 0 atom stereocenters. The molecule has 0 aliphatic rings. The maximum absolute atomic E-state index is 9.15. The van der Waals surface area contributed by atoms with E-state index in [4.69, 9.17) is 10.0 Å². The van der Waals surface area contributed by atoms with Gasteiger partial charge in [0.15, 0.2) is 0 Å². The van der Waals surface area contributed by atoms with E-state index >= 15 is 0 Å². The molecule has 4 heteroatoms. The second-order valence-electron chi connectivity index (χ2n) is 5.38. The Morgan fingerprint density at radius 2 is 1.39 bits per heavy atom. The fraction of sp³-hybridized carbons (Fsp3) is 0.0526. The minimum Gasteiger partial charge on any atom is -0.423 e. The first-order valence-corrected chi connectivity index (χ1v) is 8.26. The zero-order valence-electron chi connectivity index (χ0n) is 12.8. The number of rotatable bonds is 1. The fourth-order valence-electron chi connectivity index (χ4n) is 2.44. The van der Waals surface area contributed by atoms with Crippen LogP contribution in [0.15, 0.2) is 72.8 Å². The molecule has 114 valence electrons. The van der Waals surface area contributed by atoms with E-state index in [-0.39, 0.29) is 0 Å². The summed E-state index contributed by atoms with van der Waals surface area (Å²) in [5, 5.41) is 20.6. The van der Waals surface area contributed by atoms with Gasteiger partial charge in [0.25, 0.3) is 0 Å². The van der Waals surface area contributed by atoms with Crippen molar-refractivity contribution < 1.29 is 10.0 Å². The van der Waals surface area contributed by atoms with Crippen LogP contribution in [0, 0.1) is 6.92 Å². The van der Waals surface area contributed by atoms with Crippen molar-refractivity contribution in [2.24, 2.45) is 0 Å². The lowest BCUT2D eigenvalue weighted by Gasteiger charge is -1.98. The maximum atomic E-state index is 9.15. The van der Waals surface area contributed by atoms with Crippen molar-refractivity contribution in [2.75, 3.05) is 0 Å². The molecule has 3 aromatic carbocycles. The van der Waals surface area contributed by atoms with Crippen molar-refractivity contribution >= 4 is 44.1 Å². The second-order valence-corrected chi connectivity index (χ2v) is 6.47. The normalized spacial score (nSPS) is 10.4. The number of aryl methyl sites for hydroxylation is 1. The second kappa shape index (κ2) is 6.96. The molecule has 0 radical (unpaired) electrons. The number of benzene rings is 3. The summed E-state index contributed by atoms with van der Waals surface area (Å²) in [4.78, 5) is 0. The highest BCUT2D eigenvalue weighted by molar-refractivity contribution is 7.25. The molecule has 0 unspecified atom stereocenters. The van der Waals surface area contributed by atoms with Gasteiger partial charge in [-0.15, -0.1) is 11.3 Å². The zero-order chi connectivity index (χ0) is 16.2. The lowest BCUT2D eigenvalue weighted by Crippen LogP contribution is -2.29. The molecule has 2 N–H and O–H groups in total. The Morgan fingerprint density at radius 3 is 2.04 bits per heavy atom. The van der Waals surface area contributed by atoms with Crippen LogP contribution < -0.4 is 5.46 Å². The lowest BCUT2D eigenvalue weighted by molar-refractivity contribution is 0.426. The molecule has 0 amide bonds. The minimum atomic E-state index is -1.40. The SMILES string of the molecule is Cc1ccccc1.OB(O)c1ccc2sc3ccccc3c2c1. The third kappa shape index (κ3) is 3.62. The van der Waals surface area contributed by atoms with Crippen LogP contribution in [0.25, 0.3) is 20.2 Å². The Balaban J connectivity index is 0.000000188. The Morgan fingerprint density at radius 1 is 0.739 bits per heavy atom. The summed E-state index contributed by atoms with van der Waals surface area (Å²) in [5.41, 5.74) is 1.86. The summed E-state index contributed by atoms with van der Waals surface area (Å²) in [6, 6.07) is 23.9. The molecule has 0 saturated carbocycles. The predicted molar refractivity (Wildman–Crippen MR) is 100 cm³/mol. The van der Waals surface area contributed by atoms with Crippen LogP contribution in [0.5, 0.6) is 0 Å². The minimum absolute atomic E-state index is 0.538. The topological polar surface area (TPSA) is 40.5 Å². The van der Waals surface area contributed by atoms with Gasteiger partial charge in [0, 0.05) is 14.8 Å². The Hall–Kier alpha value is -2.14. The molecule has 23 heavy (non-hydrogen) atoms. The largest absolute Gasteiger partial charge is 0.488 e. The van der Waals surface area contributed by atoms with Crippen molar-refractivity contribution in [1.29, 1.82) is 0 Å². The van der Waals surface area contributed by atoms with Gasteiger partial charge in [-0.1, -0.05) is 66.2 Å². The van der Waals surface area contributed by atoms with Crippen LogP contribution in [0.4, 0.5) is 0 Å². The summed E-state index contributed by atoms with van der Waals surface area (Å²) in [6.07, 6.45) is 0. The number of hydrogen-bond acceptors (Lipinski definition) is 3. The molecule has 0 fully saturated rings. The molecule has 0 spiro atoms. The highest BCUT2D eigenvalue weighted by Crippen LogP contribution is 2.32. The number of hydrogen-bond donors (Lipinski definition) is 2. The van der Waals surface area contributed by atoms with Crippen molar-refractivity contribution in [1.82, 2.24) is 0 Å². The lowest BCUT2D eigenvalue weighted by atomic mass is 9.80. The molecule has 1 heterocycles. The van der Waals surface area contributed by atoms with Gasteiger partial charge in [0.2, 0.25) is 0 Å².